The van der Waals surface area contributed by atoms with Crippen molar-refractivity contribution in [2.75, 3.05) is 24.6 Å². The molecule has 0 spiro atoms. The number of aromatic nitrogens is 2. The molecule has 168 valence electrons. The fraction of sp³-hybridized carbons (Fsp3) is 0.360. The Labute approximate surface area is 196 Å². The Balaban J connectivity index is 1.16. The molecule has 6 nitrogen and oxygen atoms in total. The molecule has 5 rings (SSSR count). The van der Waals surface area contributed by atoms with Crippen molar-refractivity contribution >= 4 is 23.3 Å². The van der Waals surface area contributed by atoms with Crippen LogP contribution in [0.15, 0.2) is 53.5 Å². The molecule has 2 heterocycles. The number of nitrogens with zero attached hydrogens (tertiary/aromatic N) is 4. The Morgan fingerprint density at radius 1 is 1.27 bits per heavy atom. The van der Waals surface area contributed by atoms with Gasteiger partial charge in [-0.2, -0.15) is 5.26 Å². The second-order valence-electron chi connectivity index (χ2n) is 8.71. The lowest BCUT2D eigenvalue weighted by Gasteiger charge is -2.21. The second kappa shape index (κ2) is 8.60. The van der Waals surface area contributed by atoms with E-state index in [4.69, 9.17) is 21.6 Å². The minimum absolute atomic E-state index is 0.0604. The first kappa shape index (κ1) is 21.6. The van der Waals surface area contributed by atoms with Crippen molar-refractivity contribution in [1.82, 2.24) is 9.97 Å². The van der Waals surface area contributed by atoms with Crippen molar-refractivity contribution in [2.24, 2.45) is 17.8 Å². The smallest absolute Gasteiger partial charge is 0.225 e. The van der Waals surface area contributed by atoms with Crippen molar-refractivity contribution in [3.8, 4) is 6.07 Å². The van der Waals surface area contributed by atoms with Crippen molar-refractivity contribution in [2.45, 2.75) is 19.3 Å². The van der Waals surface area contributed by atoms with Crippen LogP contribution in [0.4, 0.5) is 10.3 Å². The van der Waals surface area contributed by atoms with Crippen molar-refractivity contribution in [1.29, 1.82) is 5.26 Å². The number of nitriles is 1. The molecule has 0 N–H and O–H groups in total. The number of hydrogen-bond donors (Lipinski definition) is 0. The van der Waals surface area contributed by atoms with Crippen LogP contribution in [-0.4, -0.2) is 35.4 Å². The number of benzene rings is 1. The van der Waals surface area contributed by atoms with Crippen LogP contribution in [0.5, 0.6) is 0 Å². The van der Waals surface area contributed by atoms with Gasteiger partial charge in [-0.25, -0.2) is 14.4 Å². The van der Waals surface area contributed by atoms with Crippen LogP contribution < -0.4 is 4.90 Å². The molecule has 2 unspecified atom stereocenters. The SMILES string of the molecule is CCc1cnc(N2C[C@@H]3C(COC4=CC(=O)C(c5ccc(C#N)c(F)c5)C=C4Cl)[C@@H]3C2)nc1. The minimum atomic E-state index is -0.694. The number of aryl methyl sites for hydroxylation is 1. The number of fused-ring (bicyclic) bond motifs is 1. The number of carbonyl (C=O) groups is 1. The highest BCUT2D eigenvalue weighted by atomic mass is 35.5. The van der Waals surface area contributed by atoms with Gasteiger partial charge in [0.05, 0.1) is 23.1 Å². The molecular formula is C25H22ClFN4O2. The molecule has 2 aromatic rings. The average molecular weight is 465 g/mol. The summed E-state index contributed by atoms with van der Waals surface area (Å²) in [5, 5.41) is 9.22. The Morgan fingerprint density at radius 3 is 2.64 bits per heavy atom. The first-order valence-electron chi connectivity index (χ1n) is 11.0. The lowest BCUT2D eigenvalue weighted by Crippen LogP contribution is -2.27. The summed E-state index contributed by atoms with van der Waals surface area (Å²) in [7, 11) is 0. The number of hydrogen-bond acceptors (Lipinski definition) is 6. The van der Waals surface area contributed by atoms with E-state index in [9.17, 15) is 9.18 Å². The number of ether oxygens (including phenoxy) is 1. The molecule has 1 aliphatic heterocycles. The molecule has 1 saturated heterocycles. The molecule has 1 aromatic carbocycles. The number of piperidine rings is 1. The van der Waals surface area contributed by atoms with Gasteiger partial charge in [0.1, 0.15) is 17.6 Å². The third-order valence-electron chi connectivity index (χ3n) is 6.79. The number of allylic oxidation sites excluding steroid dienone is 3. The summed E-state index contributed by atoms with van der Waals surface area (Å²) in [5.74, 6) is 1.02. The average Bonchev–Trinajstić information content (AvgIpc) is 3.27. The molecule has 1 saturated carbocycles. The number of halogens is 2. The summed E-state index contributed by atoms with van der Waals surface area (Å²) in [4.78, 5) is 23.8. The zero-order valence-electron chi connectivity index (χ0n) is 18.0. The first-order valence-corrected chi connectivity index (χ1v) is 11.4. The Kier molecular flexibility index (Phi) is 5.63. The van der Waals surface area contributed by atoms with Crippen molar-refractivity contribution in [3.63, 3.8) is 0 Å². The molecule has 33 heavy (non-hydrogen) atoms. The van der Waals surface area contributed by atoms with Gasteiger partial charge in [0, 0.05) is 37.5 Å². The van der Waals surface area contributed by atoms with E-state index in [2.05, 4.69) is 21.8 Å². The van der Waals surface area contributed by atoms with E-state index < -0.39 is 11.7 Å². The van der Waals surface area contributed by atoms with Crippen LogP contribution in [0.25, 0.3) is 0 Å². The molecular weight excluding hydrogens is 443 g/mol. The predicted octanol–water partition coefficient (Wildman–Crippen LogP) is 4.12. The lowest BCUT2D eigenvalue weighted by molar-refractivity contribution is -0.115. The predicted molar refractivity (Wildman–Crippen MR) is 121 cm³/mol. The molecule has 1 aromatic heterocycles. The standard InChI is InChI=1S/C25H22ClFN4O2/c1-2-14-9-29-25(30-10-14)31-11-18-19(12-31)20(18)13-33-24-7-23(32)17(6-21(24)26)15-3-4-16(8-28)22(27)5-15/h3-7,9-10,17-20H,2,11-13H2,1H3/t17?,18-,19+,20?. The Bertz CT molecular complexity index is 1190. The van der Waals surface area contributed by atoms with E-state index >= 15 is 0 Å². The fourth-order valence-corrected chi connectivity index (χ4v) is 4.96. The fourth-order valence-electron chi connectivity index (χ4n) is 4.72. The van der Waals surface area contributed by atoms with Gasteiger partial charge in [0.25, 0.3) is 0 Å². The summed E-state index contributed by atoms with van der Waals surface area (Å²) in [6.07, 6.45) is 7.65. The highest BCUT2D eigenvalue weighted by Crippen LogP contribution is 2.52. The summed E-state index contributed by atoms with van der Waals surface area (Å²) < 4.78 is 19.9. The number of rotatable bonds is 6. The van der Waals surface area contributed by atoms with Gasteiger partial charge in [0.2, 0.25) is 5.95 Å². The zero-order chi connectivity index (χ0) is 23.1. The number of carbonyl (C=O) groups excluding carboxylic acids is 1. The summed E-state index contributed by atoms with van der Waals surface area (Å²) in [6.45, 7) is 4.38. The highest BCUT2D eigenvalue weighted by Gasteiger charge is 2.56. The van der Waals surface area contributed by atoms with Crippen LogP contribution in [0.1, 0.15) is 29.5 Å². The maximum atomic E-state index is 14.0. The zero-order valence-corrected chi connectivity index (χ0v) is 18.8. The number of ketones is 1. The molecule has 0 radical (unpaired) electrons. The summed E-state index contributed by atoms with van der Waals surface area (Å²) in [6, 6.07) is 5.92. The Hall–Kier alpha value is -3.24. The van der Waals surface area contributed by atoms with E-state index in [1.54, 1.807) is 18.2 Å². The topological polar surface area (TPSA) is 79.1 Å². The minimum Gasteiger partial charge on any atom is -0.492 e. The van der Waals surface area contributed by atoms with Gasteiger partial charge >= 0.3 is 0 Å². The van der Waals surface area contributed by atoms with Crippen molar-refractivity contribution in [3.05, 3.63) is 76.0 Å². The van der Waals surface area contributed by atoms with Gasteiger partial charge in [0.15, 0.2) is 5.78 Å². The quantitative estimate of drug-likeness (QED) is 0.639. The van der Waals surface area contributed by atoms with E-state index in [-0.39, 0.29) is 11.3 Å². The van der Waals surface area contributed by atoms with Crippen LogP contribution in [0.3, 0.4) is 0 Å². The van der Waals surface area contributed by atoms with Crippen LogP contribution >= 0.6 is 11.6 Å². The molecule has 0 amide bonds. The largest absolute Gasteiger partial charge is 0.492 e. The monoisotopic (exact) mass is 464 g/mol. The summed E-state index contributed by atoms with van der Waals surface area (Å²) >= 11 is 6.39. The summed E-state index contributed by atoms with van der Waals surface area (Å²) in [5.41, 5.74) is 1.52. The maximum Gasteiger partial charge on any atom is 0.225 e. The normalized spacial score (nSPS) is 25.8. The molecule has 8 heteroatoms. The van der Waals surface area contributed by atoms with Crippen LogP contribution in [-0.2, 0) is 16.0 Å². The number of anilines is 1. The molecule has 2 aliphatic carbocycles. The van der Waals surface area contributed by atoms with E-state index in [0.717, 1.165) is 31.0 Å². The van der Waals surface area contributed by atoms with E-state index in [0.29, 0.717) is 40.7 Å². The van der Waals surface area contributed by atoms with Crippen molar-refractivity contribution < 1.29 is 13.9 Å². The molecule has 3 aliphatic rings. The van der Waals surface area contributed by atoms with E-state index in [1.165, 1.54) is 18.2 Å². The third kappa shape index (κ3) is 4.11. The first-order chi connectivity index (χ1) is 16.0. The Morgan fingerprint density at radius 2 is 2.00 bits per heavy atom. The van der Waals surface area contributed by atoms with Gasteiger partial charge in [-0.1, -0.05) is 24.6 Å². The molecule has 2 fully saturated rings. The second-order valence-corrected chi connectivity index (χ2v) is 9.11. The molecule has 4 atom stereocenters. The van der Waals surface area contributed by atoms with Gasteiger partial charge in [-0.05, 0) is 47.6 Å². The lowest BCUT2D eigenvalue weighted by atomic mass is 9.90. The van der Waals surface area contributed by atoms with E-state index in [1.807, 2.05) is 12.4 Å². The highest BCUT2D eigenvalue weighted by molar-refractivity contribution is 6.32. The van der Waals surface area contributed by atoms with Gasteiger partial charge < -0.3 is 9.64 Å². The van der Waals surface area contributed by atoms with Gasteiger partial charge in [-0.15, -0.1) is 0 Å². The van der Waals surface area contributed by atoms with Gasteiger partial charge in [-0.3, -0.25) is 4.79 Å². The maximum absolute atomic E-state index is 14.0. The molecule has 0 bridgehead atoms. The third-order valence-corrected chi connectivity index (χ3v) is 7.10. The van der Waals surface area contributed by atoms with Crippen LogP contribution in [0, 0.1) is 34.9 Å². The van der Waals surface area contributed by atoms with Crippen LogP contribution in [0.2, 0.25) is 0 Å².